The van der Waals surface area contributed by atoms with E-state index in [1.807, 2.05) is 13.8 Å². The molecule has 0 aliphatic carbocycles. The molecule has 0 saturated carbocycles. The second-order valence-corrected chi connectivity index (χ2v) is 6.64. The number of thiazole rings is 1. The van der Waals surface area contributed by atoms with Crippen LogP contribution in [0.15, 0.2) is 0 Å². The van der Waals surface area contributed by atoms with Crippen LogP contribution in [0, 0.1) is 19.8 Å². The summed E-state index contributed by atoms with van der Waals surface area (Å²) in [6, 6.07) is -1.11. The number of carbonyl (C=O) groups excluding carboxylic acids is 1. The van der Waals surface area contributed by atoms with E-state index in [1.54, 1.807) is 0 Å². The van der Waals surface area contributed by atoms with E-state index in [2.05, 4.69) is 17.2 Å². The van der Waals surface area contributed by atoms with Gasteiger partial charge in [0.15, 0.2) is 5.13 Å². The van der Waals surface area contributed by atoms with Gasteiger partial charge in [0.05, 0.1) is 5.69 Å². The molecule has 1 aliphatic rings. The number of piperidine rings is 1. The van der Waals surface area contributed by atoms with Crippen LogP contribution in [0.25, 0.3) is 0 Å². The predicted octanol–water partition coefficient (Wildman–Crippen LogP) is 2.87. The zero-order valence-corrected chi connectivity index (χ0v) is 13.4. The molecule has 2 heterocycles. The van der Waals surface area contributed by atoms with Gasteiger partial charge in [-0.2, -0.15) is 0 Å². The van der Waals surface area contributed by atoms with Crippen molar-refractivity contribution in [3.05, 3.63) is 10.6 Å². The number of aryl methyl sites for hydroxylation is 2. The van der Waals surface area contributed by atoms with Gasteiger partial charge in [-0.25, -0.2) is 14.6 Å². The third kappa shape index (κ3) is 3.53. The fraction of sp³-hybridized carbons (Fsp3) is 0.643. The van der Waals surface area contributed by atoms with Crippen molar-refractivity contribution in [1.82, 2.24) is 9.88 Å². The second-order valence-electron chi connectivity index (χ2n) is 5.44. The number of carbonyl (C=O) groups is 2. The summed E-state index contributed by atoms with van der Waals surface area (Å²) in [6.07, 6.45) is 2.32. The van der Waals surface area contributed by atoms with Crippen molar-refractivity contribution in [1.29, 1.82) is 0 Å². The highest BCUT2D eigenvalue weighted by Crippen LogP contribution is 2.27. The van der Waals surface area contributed by atoms with Crippen molar-refractivity contribution in [2.45, 2.75) is 46.1 Å². The quantitative estimate of drug-likeness (QED) is 0.899. The van der Waals surface area contributed by atoms with Gasteiger partial charge in [0.2, 0.25) is 0 Å². The van der Waals surface area contributed by atoms with Crippen molar-refractivity contribution in [3.8, 4) is 0 Å². The smallest absolute Gasteiger partial charge is 0.326 e. The Labute approximate surface area is 128 Å². The van der Waals surface area contributed by atoms with Crippen LogP contribution >= 0.6 is 11.3 Å². The van der Waals surface area contributed by atoms with E-state index >= 15 is 0 Å². The summed E-state index contributed by atoms with van der Waals surface area (Å²) >= 11 is 1.40. The molecule has 1 saturated heterocycles. The summed E-state index contributed by atoms with van der Waals surface area (Å²) in [4.78, 5) is 30.4. The standard InChI is InChI=1S/C14H21N3O3S/c1-4-10-5-6-17(11(7-10)12(18)19)14(20)16-13-15-8(2)9(3)21-13/h10-11H,4-7H2,1-3H3,(H,18,19)(H,15,16,20). The average molecular weight is 311 g/mol. The highest BCUT2D eigenvalue weighted by molar-refractivity contribution is 7.15. The third-order valence-electron chi connectivity index (χ3n) is 4.08. The van der Waals surface area contributed by atoms with Gasteiger partial charge in [-0.05, 0) is 32.6 Å². The molecule has 2 atom stereocenters. The fourth-order valence-corrected chi connectivity index (χ4v) is 3.38. The first kappa shape index (κ1) is 15.8. The Bertz CT molecular complexity index is 524. The van der Waals surface area contributed by atoms with E-state index < -0.39 is 12.0 Å². The lowest BCUT2D eigenvalue weighted by Crippen LogP contribution is -2.51. The molecule has 2 amide bonds. The first-order valence-electron chi connectivity index (χ1n) is 7.16. The average Bonchev–Trinajstić information content (AvgIpc) is 2.76. The molecule has 0 aromatic carbocycles. The van der Waals surface area contributed by atoms with E-state index in [0.29, 0.717) is 24.0 Å². The number of hydrogen-bond donors (Lipinski definition) is 2. The Balaban J connectivity index is 2.08. The van der Waals surface area contributed by atoms with Crippen molar-refractivity contribution in [2.75, 3.05) is 11.9 Å². The SMILES string of the molecule is CCC1CCN(C(=O)Nc2nc(C)c(C)s2)C(C(=O)O)C1. The van der Waals surface area contributed by atoms with Crippen molar-refractivity contribution in [2.24, 2.45) is 5.92 Å². The molecule has 0 bridgehead atoms. The van der Waals surface area contributed by atoms with Crippen LogP contribution < -0.4 is 5.32 Å². The number of hydrogen-bond acceptors (Lipinski definition) is 4. The number of nitrogens with one attached hydrogen (secondary N) is 1. The molecule has 2 N–H and O–H groups in total. The number of carboxylic acid groups (broad SMARTS) is 1. The molecule has 2 unspecified atom stereocenters. The van der Waals surface area contributed by atoms with Gasteiger partial charge < -0.3 is 10.0 Å². The summed E-state index contributed by atoms with van der Waals surface area (Å²) in [6.45, 7) is 6.36. The van der Waals surface area contributed by atoms with Gasteiger partial charge >= 0.3 is 12.0 Å². The largest absolute Gasteiger partial charge is 0.480 e. The molecule has 0 radical (unpaired) electrons. The number of aromatic nitrogens is 1. The highest BCUT2D eigenvalue weighted by Gasteiger charge is 2.35. The van der Waals surface area contributed by atoms with Gasteiger partial charge in [-0.15, -0.1) is 11.3 Å². The van der Waals surface area contributed by atoms with E-state index in [0.717, 1.165) is 23.4 Å². The predicted molar refractivity (Wildman–Crippen MR) is 81.8 cm³/mol. The first-order valence-corrected chi connectivity index (χ1v) is 7.98. The van der Waals surface area contributed by atoms with E-state index in [4.69, 9.17) is 0 Å². The van der Waals surface area contributed by atoms with Crippen LogP contribution in [0.5, 0.6) is 0 Å². The minimum absolute atomic E-state index is 0.370. The van der Waals surface area contributed by atoms with Gasteiger partial charge in [0.25, 0.3) is 0 Å². The number of nitrogens with zero attached hydrogens (tertiary/aromatic N) is 2. The van der Waals surface area contributed by atoms with Crippen LogP contribution in [-0.2, 0) is 4.79 Å². The summed E-state index contributed by atoms with van der Waals surface area (Å²) in [5, 5.41) is 12.6. The first-order chi connectivity index (χ1) is 9.92. The Kier molecular flexibility index (Phi) is 4.82. The van der Waals surface area contributed by atoms with Crippen molar-refractivity contribution >= 4 is 28.5 Å². The zero-order chi connectivity index (χ0) is 15.6. The molecule has 1 fully saturated rings. The minimum Gasteiger partial charge on any atom is -0.480 e. The van der Waals surface area contributed by atoms with Crippen LogP contribution in [-0.4, -0.2) is 39.6 Å². The number of rotatable bonds is 3. The molecule has 21 heavy (non-hydrogen) atoms. The lowest BCUT2D eigenvalue weighted by molar-refractivity contribution is -0.143. The molecule has 1 aromatic rings. The Morgan fingerprint density at radius 1 is 1.48 bits per heavy atom. The molecular formula is C14H21N3O3S. The van der Waals surface area contributed by atoms with E-state index in [-0.39, 0.29) is 6.03 Å². The fourth-order valence-electron chi connectivity index (χ4n) is 2.58. The molecule has 0 spiro atoms. The molecule has 1 aliphatic heterocycles. The maximum Gasteiger partial charge on any atom is 0.326 e. The Hall–Kier alpha value is -1.63. The minimum atomic E-state index is -0.935. The monoisotopic (exact) mass is 311 g/mol. The maximum atomic E-state index is 12.3. The maximum absolute atomic E-state index is 12.3. The highest BCUT2D eigenvalue weighted by atomic mass is 32.1. The van der Waals surface area contributed by atoms with Crippen molar-refractivity contribution in [3.63, 3.8) is 0 Å². The Morgan fingerprint density at radius 2 is 2.19 bits per heavy atom. The number of aliphatic carboxylic acids is 1. The van der Waals surface area contributed by atoms with Gasteiger partial charge in [0, 0.05) is 11.4 Å². The van der Waals surface area contributed by atoms with Crippen LogP contribution in [0.1, 0.15) is 36.8 Å². The normalized spacial score (nSPS) is 22.1. The number of amides is 2. The lowest BCUT2D eigenvalue weighted by Gasteiger charge is -2.36. The summed E-state index contributed by atoms with van der Waals surface area (Å²) in [7, 11) is 0. The number of carboxylic acids is 1. The zero-order valence-electron chi connectivity index (χ0n) is 12.5. The number of urea groups is 1. The lowest BCUT2D eigenvalue weighted by atomic mass is 9.89. The molecule has 116 valence electrons. The van der Waals surface area contributed by atoms with Crippen LogP contribution in [0.3, 0.4) is 0 Å². The molecule has 6 nitrogen and oxygen atoms in total. The van der Waals surface area contributed by atoms with Crippen molar-refractivity contribution < 1.29 is 14.7 Å². The second kappa shape index (κ2) is 6.43. The topological polar surface area (TPSA) is 82.5 Å². The molecular weight excluding hydrogens is 290 g/mol. The molecule has 1 aromatic heterocycles. The van der Waals surface area contributed by atoms with Gasteiger partial charge in [-0.1, -0.05) is 13.3 Å². The van der Waals surface area contributed by atoms with Gasteiger partial charge in [0.1, 0.15) is 6.04 Å². The number of likely N-dealkylation sites (tertiary alicyclic amines) is 1. The summed E-state index contributed by atoms with van der Waals surface area (Å²) in [5.74, 6) is -0.561. The molecule has 2 rings (SSSR count). The third-order valence-corrected chi connectivity index (χ3v) is 5.07. The van der Waals surface area contributed by atoms with Gasteiger partial charge in [-0.3, -0.25) is 5.32 Å². The van der Waals surface area contributed by atoms with Crippen LogP contribution in [0.4, 0.5) is 9.93 Å². The van der Waals surface area contributed by atoms with E-state index in [1.165, 1.54) is 16.2 Å². The molecule has 7 heteroatoms. The van der Waals surface area contributed by atoms with E-state index in [9.17, 15) is 14.7 Å². The Morgan fingerprint density at radius 3 is 2.71 bits per heavy atom. The summed E-state index contributed by atoms with van der Waals surface area (Å²) < 4.78 is 0. The number of anilines is 1. The van der Waals surface area contributed by atoms with Crippen LogP contribution in [0.2, 0.25) is 0 Å². The summed E-state index contributed by atoms with van der Waals surface area (Å²) in [5.41, 5.74) is 0.884.